The van der Waals surface area contributed by atoms with Crippen LogP contribution in [0.5, 0.6) is 0 Å². The molecule has 0 saturated carbocycles. The van der Waals surface area contributed by atoms with Crippen LogP contribution in [0, 0.1) is 0 Å². The van der Waals surface area contributed by atoms with Crippen molar-refractivity contribution in [2.45, 2.75) is 32.4 Å². The first kappa shape index (κ1) is 18.6. The Labute approximate surface area is 136 Å². The van der Waals surface area contributed by atoms with E-state index < -0.39 is 18.0 Å². The van der Waals surface area contributed by atoms with Crippen LogP contribution in [0.15, 0.2) is 30.3 Å². The fourth-order valence-corrected chi connectivity index (χ4v) is 2.21. The van der Waals surface area contributed by atoms with Crippen molar-refractivity contribution in [3.05, 3.63) is 35.9 Å². The number of imide groups is 1. The third-order valence-corrected chi connectivity index (χ3v) is 2.96. The highest BCUT2D eigenvalue weighted by molar-refractivity contribution is 5.97. The van der Waals surface area contributed by atoms with E-state index in [1.807, 2.05) is 26.8 Å². The predicted octanol–water partition coefficient (Wildman–Crippen LogP) is 0.769. The lowest BCUT2D eigenvalue weighted by Crippen LogP contribution is -2.49. The molecule has 126 valence electrons. The summed E-state index contributed by atoms with van der Waals surface area (Å²) in [7, 11) is 1.64. The van der Waals surface area contributed by atoms with Gasteiger partial charge in [0.1, 0.15) is 6.04 Å². The second kappa shape index (κ2) is 7.73. The highest BCUT2D eigenvalue weighted by Crippen LogP contribution is 2.19. The van der Waals surface area contributed by atoms with Gasteiger partial charge in [0, 0.05) is 5.54 Å². The molecule has 1 aromatic rings. The molecule has 0 radical (unpaired) electrons. The van der Waals surface area contributed by atoms with Crippen LogP contribution in [0.25, 0.3) is 0 Å². The lowest BCUT2D eigenvalue weighted by molar-refractivity contribution is -0.128. The van der Waals surface area contributed by atoms with E-state index in [2.05, 4.69) is 10.6 Å². The van der Waals surface area contributed by atoms with Crippen LogP contribution in [0.1, 0.15) is 32.4 Å². The number of benzene rings is 1. The van der Waals surface area contributed by atoms with Gasteiger partial charge in [-0.2, -0.15) is 0 Å². The van der Waals surface area contributed by atoms with Crippen molar-refractivity contribution in [3.8, 4) is 0 Å². The molecule has 0 aliphatic heterocycles. The number of hydrogen-bond donors (Lipinski definition) is 3. The van der Waals surface area contributed by atoms with Crippen molar-refractivity contribution in [2.24, 2.45) is 5.73 Å². The molecule has 0 aliphatic rings. The maximum Gasteiger partial charge on any atom is 0.318 e. The van der Waals surface area contributed by atoms with Gasteiger partial charge < -0.3 is 11.1 Å². The number of nitrogens with two attached hydrogens (primary N) is 1. The molecule has 0 heterocycles. The van der Waals surface area contributed by atoms with Crippen molar-refractivity contribution >= 4 is 17.8 Å². The Morgan fingerprint density at radius 2 is 1.74 bits per heavy atom. The average Bonchev–Trinajstić information content (AvgIpc) is 2.36. The van der Waals surface area contributed by atoms with Crippen LogP contribution in [0.2, 0.25) is 0 Å². The van der Waals surface area contributed by atoms with Gasteiger partial charge in [-0.05, 0) is 33.4 Å². The summed E-state index contributed by atoms with van der Waals surface area (Å²) in [6, 6.07) is 7.16. The molecule has 1 aromatic carbocycles. The summed E-state index contributed by atoms with van der Waals surface area (Å²) in [5.41, 5.74) is 5.32. The molecule has 0 aromatic heterocycles. The van der Waals surface area contributed by atoms with E-state index in [0.29, 0.717) is 5.56 Å². The second-order valence-corrected chi connectivity index (χ2v) is 6.38. The van der Waals surface area contributed by atoms with Crippen molar-refractivity contribution in [2.75, 3.05) is 13.6 Å². The number of nitrogens with zero attached hydrogens (tertiary/aromatic N) is 1. The van der Waals surface area contributed by atoms with Gasteiger partial charge >= 0.3 is 6.03 Å². The maximum absolute atomic E-state index is 12.3. The number of primary amides is 1. The van der Waals surface area contributed by atoms with E-state index in [1.54, 1.807) is 36.2 Å². The van der Waals surface area contributed by atoms with E-state index in [4.69, 9.17) is 5.73 Å². The van der Waals surface area contributed by atoms with Gasteiger partial charge in [0.15, 0.2) is 0 Å². The van der Waals surface area contributed by atoms with E-state index in [1.165, 1.54) is 0 Å². The van der Waals surface area contributed by atoms with E-state index in [-0.39, 0.29) is 18.0 Å². The zero-order valence-electron chi connectivity index (χ0n) is 13.9. The molecule has 4 N–H and O–H groups in total. The van der Waals surface area contributed by atoms with Crippen LogP contribution in [-0.2, 0) is 9.59 Å². The highest BCUT2D eigenvalue weighted by Gasteiger charge is 2.28. The first-order valence-corrected chi connectivity index (χ1v) is 7.26. The molecule has 4 amide bonds. The van der Waals surface area contributed by atoms with Gasteiger partial charge in [-0.3, -0.25) is 19.8 Å². The Morgan fingerprint density at radius 3 is 2.22 bits per heavy atom. The number of likely N-dealkylation sites (N-methyl/N-ethyl adjacent to an activating group) is 1. The van der Waals surface area contributed by atoms with Crippen LogP contribution >= 0.6 is 0 Å². The number of urea groups is 1. The molecule has 1 atom stereocenters. The monoisotopic (exact) mass is 320 g/mol. The lowest BCUT2D eigenvalue weighted by atomic mass is 10.0. The number of amides is 4. The Hall–Kier alpha value is -2.41. The normalized spacial score (nSPS) is 12.6. The van der Waals surface area contributed by atoms with Crippen molar-refractivity contribution in [3.63, 3.8) is 0 Å². The van der Waals surface area contributed by atoms with Crippen LogP contribution in [0.3, 0.4) is 0 Å². The maximum atomic E-state index is 12.3. The first-order valence-electron chi connectivity index (χ1n) is 7.26. The summed E-state index contributed by atoms with van der Waals surface area (Å²) < 4.78 is 0. The number of hydrogen-bond acceptors (Lipinski definition) is 4. The van der Waals surface area contributed by atoms with E-state index in [0.717, 1.165) is 0 Å². The van der Waals surface area contributed by atoms with Crippen LogP contribution < -0.4 is 16.4 Å². The summed E-state index contributed by atoms with van der Waals surface area (Å²) in [4.78, 5) is 36.9. The summed E-state index contributed by atoms with van der Waals surface area (Å²) in [6.45, 7) is 5.63. The summed E-state index contributed by atoms with van der Waals surface area (Å²) >= 11 is 0. The molecule has 1 rings (SSSR count). The standard InChI is InChI=1S/C16H24N4O3/c1-16(2,3)19-12(21)10-20(4)13(14(22)18-15(17)23)11-8-6-5-7-9-11/h5-9,13H,10H2,1-4H3,(H,19,21)(H3,17,18,22,23)/t13-/m1/s1. The number of rotatable bonds is 5. The minimum atomic E-state index is -0.927. The summed E-state index contributed by atoms with van der Waals surface area (Å²) in [5.74, 6) is -0.789. The Balaban J connectivity index is 2.93. The summed E-state index contributed by atoms with van der Waals surface area (Å²) in [5, 5.41) is 4.90. The minimum absolute atomic E-state index is 0.00299. The predicted molar refractivity (Wildman–Crippen MR) is 87.4 cm³/mol. The van der Waals surface area contributed by atoms with Gasteiger partial charge in [0.25, 0.3) is 0 Å². The van der Waals surface area contributed by atoms with Crippen molar-refractivity contribution < 1.29 is 14.4 Å². The molecule has 0 aliphatic carbocycles. The fraction of sp³-hybridized carbons (Fsp3) is 0.438. The smallest absolute Gasteiger partial charge is 0.318 e. The molecule has 0 unspecified atom stereocenters. The second-order valence-electron chi connectivity index (χ2n) is 6.38. The van der Waals surface area contributed by atoms with Gasteiger partial charge in [-0.25, -0.2) is 4.79 Å². The average molecular weight is 320 g/mol. The Bertz CT molecular complexity index is 566. The third kappa shape index (κ3) is 6.48. The van der Waals surface area contributed by atoms with E-state index >= 15 is 0 Å². The molecular weight excluding hydrogens is 296 g/mol. The van der Waals surface area contributed by atoms with Crippen LogP contribution in [-0.4, -0.2) is 41.9 Å². The first-order chi connectivity index (χ1) is 10.6. The van der Waals surface area contributed by atoms with E-state index in [9.17, 15) is 14.4 Å². The number of carbonyl (C=O) groups is 3. The largest absolute Gasteiger partial charge is 0.351 e. The zero-order chi connectivity index (χ0) is 17.6. The molecular formula is C16H24N4O3. The minimum Gasteiger partial charge on any atom is -0.351 e. The Morgan fingerprint density at radius 1 is 1.17 bits per heavy atom. The molecule has 0 bridgehead atoms. The summed E-state index contributed by atoms with van der Waals surface area (Å²) in [6.07, 6.45) is 0. The Kier molecular flexibility index (Phi) is 6.27. The molecule has 7 heteroatoms. The van der Waals surface area contributed by atoms with Crippen molar-refractivity contribution in [1.29, 1.82) is 0 Å². The van der Waals surface area contributed by atoms with Crippen LogP contribution in [0.4, 0.5) is 4.79 Å². The zero-order valence-corrected chi connectivity index (χ0v) is 13.9. The third-order valence-electron chi connectivity index (χ3n) is 2.96. The number of nitrogens with one attached hydrogen (secondary N) is 2. The molecule has 7 nitrogen and oxygen atoms in total. The molecule has 0 spiro atoms. The molecule has 0 fully saturated rings. The van der Waals surface area contributed by atoms with Gasteiger partial charge in [0.05, 0.1) is 6.54 Å². The quantitative estimate of drug-likeness (QED) is 0.745. The van der Waals surface area contributed by atoms with Gasteiger partial charge in [0.2, 0.25) is 11.8 Å². The van der Waals surface area contributed by atoms with Gasteiger partial charge in [-0.1, -0.05) is 30.3 Å². The topological polar surface area (TPSA) is 105 Å². The fourth-order valence-electron chi connectivity index (χ4n) is 2.21. The highest BCUT2D eigenvalue weighted by atomic mass is 16.2. The van der Waals surface area contributed by atoms with Gasteiger partial charge in [-0.15, -0.1) is 0 Å². The molecule has 23 heavy (non-hydrogen) atoms. The SMILES string of the molecule is CN(CC(=O)NC(C)(C)C)[C@@H](C(=O)NC(N)=O)c1ccccc1. The lowest BCUT2D eigenvalue weighted by Gasteiger charge is -2.28. The number of carbonyl (C=O) groups excluding carboxylic acids is 3. The molecule has 0 saturated heterocycles. The van der Waals surface area contributed by atoms with Crippen molar-refractivity contribution in [1.82, 2.24) is 15.5 Å².